The highest BCUT2D eigenvalue weighted by molar-refractivity contribution is 9.10. The summed E-state index contributed by atoms with van der Waals surface area (Å²) < 4.78 is 32.0. The van der Waals surface area contributed by atoms with E-state index in [1.807, 2.05) is 6.92 Å². The van der Waals surface area contributed by atoms with Crippen molar-refractivity contribution in [3.8, 4) is 0 Å². The van der Waals surface area contributed by atoms with Gasteiger partial charge in [0.1, 0.15) is 0 Å². The number of hydrogen-bond donors (Lipinski definition) is 0. The molecule has 1 heterocycles. The number of hydrogen-bond acceptors (Lipinski definition) is 4. The van der Waals surface area contributed by atoms with E-state index < -0.39 is 10.0 Å². The first-order valence-electron chi connectivity index (χ1n) is 6.70. The Labute approximate surface area is 133 Å². The van der Waals surface area contributed by atoms with Gasteiger partial charge in [0.15, 0.2) is 0 Å². The van der Waals surface area contributed by atoms with E-state index in [-0.39, 0.29) is 16.8 Å². The van der Waals surface area contributed by atoms with Crippen LogP contribution in [0.1, 0.15) is 18.4 Å². The minimum Gasteiger partial charge on any atom is -0.469 e. The third kappa shape index (κ3) is 3.46. The van der Waals surface area contributed by atoms with Crippen molar-refractivity contribution in [2.24, 2.45) is 5.92 Å². The van der Waals surface area contributed by atoms with Crippen LogP contribution in [0.15, 0.2) is 27.6 Å². The zero-order chi connectivity index (χ0) is 15.6. The van der Waals surface area contributed by atoms with Crippen LogP contribution >= 0.6 is 15.9 Å². The average Bonchev–Trinajstić information content (AvgIpc) is 2.46. The van der Waals surface area contributed by atoms with Gasteiger partial charge in [-0.15, -0.1) is 0 Å². The summed E-state index contributed by atoms with van der Waals surface area (Å²) in [4.78, 5) is 11.8. The molecule has 0 atom stereocenters. The van der Waals surface area contributed by atoms with Crippen LogP contribution in [0.25, 0.3) is 0 Å². The molecule has 0 aliphatic carbocycles. The van der Waals surface area contributed by atoms with E-state index in [0.29, 0.717) is 30.4 Å². The van der Waals surface area contributed by atoms with E-state index in [9.17, 15) is 13.2 Å². The van der Waals surface area contributed by atoms with Crippen LogP contribution in [0.2, 0.25) is 0 Å². The van der Waals surface area contributed by atoms with E-state index in [1.165, 1.54) is 11.4 Å². The number of benzene rings is 1. The van der Waals surface area contributed by atoms with E-state index in [2.05, 4.69) is 15.9 Å². The highest BCUT2D eigenvalue weighted by Crippen LogP contribution is 2.29. The molecule has 1 fully saturated rings. The van der Waals surface area contributed by atoms with Crippen molar-refractivity contribution in [1.82, 2.24) is 4.31 Å². The van der Waals surface area contributed by atoms with Gasteiger partial charge in [0, 0.05) is 17.6 Å². The van der Waals surface area contributed by atoms with Crippen molar-refractivity contribution in [3.05, 3.63) is 28.2 Å². The number of piperidine rings is 1. The molecule has 0 radical (unpaired) electrons. The van der Waals surface area contributed by atoms with Gasteiger partial charge in [-0.25, -0.2) is 8.42 Å². The van der Waals surface area contributed by atoms with Crippen LogP contribution in [0.3, 0.4) is 0 Å². The lowest BCUT2D eigenvalue weighted by atomic mass is 9.99. The fourth-order valence-corrected chi connectivity index (χ4v) is 5.07. The standard InChI is InChI=1S/C14H18BrNO4S/c1-10-3-4-13(12(15)9-10)21(18,19)16-7-5-11(6-8-16)14(17)20-2/h3-4,9,11H,5-8H2,1-2H3. The molecule has 1 aliphatic rings. The molecule has 1 aliphatic heterocycles. The zero-order valence-corrected chi connectivity index (χ0v) is 14.4. The van der Waals surface area contributed by atoms with Crippen LogP contribution in [0.4, 0.5) is 0 Å². The summed E-state index contributed by atoms with van der Waals surface area (Å²) >= 11 is 3.32. The molecule has 0 unspecified atom stereocenters. The second-order valence-electron chi connectivity index (χ2n) is 5.14. The monoisotopic (exact) mass is 375 g/mol. The van der Waals surface area contributed by atoms with Crippen molar-refractivity contribution in [2.75, 3.05) is 20.2 Å². The van der Waals surface area contributed by atoms with Crippen LogP contribution < -0.4 is 0 Å². The second kappa shape index (κ2) is 6.46. The number of carbonyl (C=O) groups is 1. The number of ether oxygens (including phenoxy) is 1. The lowest BCUT2D eigenvalue weighted by molar-refractivity contribution is -0.146. The van der Waals surface area contributed by atoms with Gasteiger partial charge in [-0.2, -0.15) is 4.31 Å². The molecule has 1 aromatic carbocycles. The van der Waals surface area contributed by atoms with E-state index in [0.717, 1.165) is 5.56 Å². The topological polar surface area (TPSA) is 63.7 Å². The van der Waals surface area contributed by atoms with Crippen LogP contribution in [-0.2, 0) is 19.6 Å². The van der Waals surface area contributed by atoms with Crippen molar-refractivity contribution in [1.29, 1.82) is 0 Å². The highest BCUT2D eigenvalue weighted by Gasteiger charge is 2.33. The number of nitrogens with zero attached hydrogens (tertiary/aromatic N) is 1. The molecule has 0 amide bonds. The first kappa shape index (κ1) is 16.5. The second-order valence-corrected chi connectivity index (χ2v) is 7.90. The molecule has 2 rings (SSSR count). The number of halogens is 1. The van der Waals surface area contributed by atoms with Gasteiger partial charge >= 0.3 is 5.97 Å². The predicted octanol–water partition coefficient (Wildman–Crippen LogP) is 2.33. The van der Waals surface area contributed by atoms with Gasteiger partial charge < -0.3 is 4.74 Å². The zero-order valence-electron chi connectivity index (χ0n) is 12.0. The molecular weight excluding hydrogens is 358 g/mol. The van der Waals surface area contributed by atoms with Crippen molar-refractivity contribution in [2.45, 2.75) is 24.7 Å². The fraction of sp³-hybridized carbons (Fsp3) is 0.500. The molecule has 0 bridgehead atoms. The third-order valence-electron chi connectivity index (χ3n) is 3.69. The Kier molecular flexibility index (Phi) is 5.06. The lowest BCUT2D eigenvalue weighted by Crippen LogP contribution is -2.40. The molecule has 1 aromatic rings. The van der Waals surface area contributed by atoms with E-state index in [4.69, 9.17) is 4.74 Å². The maximum atomic E-state index is 12.6. The Bertz CT molecular complexity index is 636. The Balaban J connectivity index is 2.17. The number of esters is 1. The Hall–Kier alpha value is -0.920. The summed E-state index contributed by atoms with van der Waals surface area (Å²) in [6, 6.07) is 5.17. The molecule has 0 aromatic heterocycles. The predicted molar refractivity (Wildman–Crippen MR) is 82.4 cm³/mol. The molecule has 7 heteroatoms. The minimum atomic E-state index is -3.53. The van der Waals surface area contributed by atoms with E-state index >= 15 is 0 Å². The van der Waals surface area contributed by atoms with Crippen molar-refractivity contribution in [3.63, 3.8) is 0 Å². The fourth-order valence-electron chi connectivity index (χ4n) is 2.45. The van der Waals surface area contributed by atoms with Gasteiger partial charge in [-0.05, 0) is 53.4 Å². The van der Waals surface area contributed by atoms with Gasteiger partial charge in [-0.1, -0.05) is 6.07 Å². The van der Waals surface area contributed by atoms with Gasteiger partial charge in [0.05, 0.1) is 17.9 Å². The first-order chi connectivity index (χ1) is 9.86. The maximum absolute atomic E-state index is 12.6. The van der Waals surface area contributed by atoms with E-state index in [1.54, 1.807) is 18.2 Å². The summed E-state index contributed by atoms with van der Waals surface area (Å²) in [7, 11) is -2.17. The number of rotatable bonds is 3. The molecular formula is C14H18BrNO4S. The SMILES string of the molecule is COC(=O)C1CCN(S(=O)(=O)c2ccc(C)cc2Br)CC1. The van der Waals surface area contributed by atoms with Crippen LogP contribution in [0.5, 0.6) is 0 Å². The summed E-state index contributed by atoms with van der Waals surface area (Å²) in [6.45, 7) is 2.58. The molecule has 0 N–H and O–H groups in total. The summed E-state index contributed by atoms with van der Waals surface area (Å²) in [6.07, 6.45) is 0.991. The number of carbonyl (C=O) groups excluding carboxylic acids is 1. The van der Waals surface area contributed by atoms with Gasteiger partial charge in [-0.3, -0.25) is 4.79 Å². The normalized spacial score (nSPS) is 17.7. The Morgan fingerprint density at radius 3 is 2.48 bits per heavy atom. The van der Waals surface area contributed by atoms with Gasteiger partial charge in [0.25, 0.3) is 0 Å². The average molecular weight is 376 g/mol. The summed E-state index contributed by atoms with van der Waals surface area (Å²) in [5.41, 5.74) is 0.991. The summed E-state index contributed by atoms with van der Waals surface area (Å²) in [5.74, 6) is -0.466. The quantitative estimate of drug-likeness (QED) is 0.760. The Morgan fingerprint density at radius 1 is 1.33 bits per heavy atom. The smallest absolute Gasteiger partial charge is 0.308 e. The lowest BCUT2D eigenvalue weighted by Gasteiger charge is -2.30. The number of methoxy groups -OCH3 is 1. The molecule has 0 spiro atoms. The molecule has 0 saturated carbocycles. The number of aryl methyl sites for hydroxylation is 1. The highest BCUT2D eigenvalue weighted by atomic mass is 79.9. The van der Waals surface area contributed by atoms with Gasteiger partial charge in [0.2, 0.25) is 10.0 Å². The third-order valence-corrected chi connectivity index (χ3v) is 6.57. The van der Waals surface area contributed by atoms with Crippen LogP contribution in [-0.4, -0.2) is 38.9 Å². The minimum absolute atomic E-state index is 0.206. The largest absolute Gasteiger partial charge is 0.469 e. The first-order valence-corrected chi connectivity index (χ1v) is 8.93. The van der Waals surface area contributed by atoms with Crippen molar-refractivity contribution < 1.29 is 17.9 Å². The molecule has 116 valence electrons. The maximum Gasteiger partial charge on any atom is 0.308 e. The Morgan fingerprint density at radius 2 is 1.95 bits per heavy atom. The molecule has 5 nitrogen and oxygen atoms in total. The van der Waals surface area contributed by atoms with Crippen LogP contribution in [0, 0.1) is 12.8 Å². The van der Waals surface area contributed by atoms with Crippen molar-refractivity contribution >= 4 is 31.9 Å². The summed E-state index contributed by atoms with van der Waals surface area (Å²) in [5, 5.41) is 0. The number of sulfonamides is 1. The molecule has 21 heavy (non-hydrogen) atoms. The molecule has 1 saturated heterocycles.